The van der Waals surface area contributed by atoms with Gasteiger partial charge in [-0.25, -0.2) is 4.98 Å². The zero-order valence-electron chi connectivity index (χ0n) is 14.1. The summed E-state index contributed by atoms with van der Waals surface area (Å²) in [6, 6.07) is 17.9. The average Bonchev–Trinajstić information content (AvgIpc) is 3.13. The lowest BCUT2D eigenvalue weighted by Gasteiger charge is -2.06. The van der Waals surface area contributed by atoms with Gasteiger partial charge in [0.2, 0.25) is 5.56 Å². The normalized spacial score (nSPS) is 10.7. The monoisotopic (exact) mass is 377 g/mol. The van der Waals surface area contributed by atoms with E-state index in [1.54, 1.807) is 18.2 Å². The van der Waals surface area contributed by atoms with E-state index in [1.165, 1.54) is 17.4 Å². The number of benzene rings is 2. The molecule has 4 aromatic rings. The second kappa shape index (κ2) is 7.43. The minimum Gasteiger partial charge on any atom is -0.487 e. The van der Waals surface area contributed by atoms with Crippen LogP contribution in [-0.2, 0) is 6.61 Å². The van der Waals surface area contributed by atoms with Crippen LogP contribution in [0.4, 0.5) is 5.13 Å². The molecular formula is C20H15N3O3S. The Labute approximate surface area is 158 Å². The highest BCUT2D eigenvalue weighted by Crippen LogP contribution is 2.20. The number of anilines is 1. The van der Waals surface area contributed by atoms with E-state index in [-0.39, 0.29) is 11.5 Å². The fourth-order valence-electron chi connectivity index (χ4n) is 2.66. The number of pyridine rings is 1. The smallest absolute Gasteiger partial charge is 0.258 e. The molecule has 0 fully saturated rings. The summed E-state index contributed by atoms with van der Waals surface area (Å²) in [6.07, 6.45) is 0. The number of aromatic amines is 1. The Bertz CT molecular complexity index is 1150. The molecule has 0 unspecified atom stereocenters. The van der Waals surface area contributed by atoms with E-state index in [0.717, 1.165) is 11.4 Å². The van der Waals surface area contributed by atoms with Crippen LogP contribution < -0.4 is 15.6 Å². The third-order valence-corrected chi connectivity index (χ3v) is 4.70. The van der Waals surface area contributed by atoms with E-state index < -0.39 is 0 Å². The Morgan fingerprint density at radius 3 is 2.74 bits per heavy atom. The number of thiazole rings is 1. The van der Waals surface area contributed by atoms with Crippen LogP contribution in [-0.4, -0.2) is 15.9 Å². The van der Waals surface area contributed by atoms with Gasteiger partial charge >= 0.3 is 0 Å². The molecule has 0 aliphatic heterocycles. The number of para-hydroxylation sites is 2. The van der Waals surface area contributed by atoms with Gasteiger partial charge in [-0.15, -0.1) is 11.3 Å². The number of nitrogens with zero attached hydrogens (tertiary/aromatic N) is 1. The second-order valence-electron chi connectivity index (χ2n) is 5.79. The first-order chi connectivity index (χ1) is 13.2. The van der Waals surface area contributed by atoms with E-state index in [9.17, 15) is 9.59 Å². The van der Waals surface area contributed by atoms with Crippen LogP contribution in [0.3, 0.4) is 0 Å². The van der Waals surface area contributed by atoms with Crippen molar-refractivity contribution in [2.45, 2.75) is 6.61 Å². The summed E-state index contributed by atoms with van der Waals surface area (Å²) >= 11 is 1.31. The number of hydrogen-bond acceptors (Lipinski definition) is 5. The summed E-state index contributed by atoms with van der Waals surface area (Å²) in [5.41, 5.74) is 1.32. The Balaban J connectivity index is 1.49. The predicted octanol–water partition coefficient (Wildman–Crippen LogP) is 3.82. The highest BCUT2D eigenvalue weighted by atomic mass is 32.1. The van der Waals surface area contributed by atoms with Crippen LogP contribution in [0.2, 0.25) is 0 Å². The molecule has 2 aromatic carbocycles. The van der Waals surface area contributed by atoms with Crippen LogP contribution in [0.1, 0.15) is 16.1 Å². The number of hydrogen-bond donors (Lipinski definition) is 2. The van der Waals surface area contributed by atoms with Gasteiger partial charge in [-0.1, -0.05) is 36.4 Å². The molecule has 0 atom stereocenters. The fraction of sp³-hybridized carbons (Fsp3) is 0.0500. The van der Waals surface area contributed by atoms with Gasteiger partial charge in [-0.05, 0) is 18.2 Å². The maximum Gasteiger partial charge on any atom is 0.258 e. The zero-order chi connectivity index (χ0) is 18.6. The van der Waals surface area contributed by atoms with Crippen LogP contribution in [0, 0.1) is 0 Å². The molecule has 0 radical (unpaired) electrons. The molecular weight excluding hydrogens is 362 g/mol. The van der Waals surface area contributed by atoms with Crippen molar-refractivity contribution in [1.82, 2.24) is 9.97 Å². The Kier molecular flexibility index (Phi) is 4.67. The van der Waals surface area contributed by atoms with E-state index in [4.69, 9.17) is 4.74 Å². The maximum absolute atomic E-state index is 12.6. The molecule has 6 nitrogen and oxygen atoms in total. The summed E-state index contributed by atoms with van der Waals surface area (Å²) in [7, 11) is 0. The second-order valence-corrected chi connectivity index (χ2v) is 6.65. The summed E-state index contributed by atoms with van der Waals surface area (Å²) in [5, 5.41) is 5.72. The Hall–Kier alpha value is -3.45. The summed E-state index contributed by atoms with van der Waals surface area (Å²) < 4.78 is 5.65. The molecule has 27 heavy (non-hydrogen) atoms. The minimum absolute atomic E-state index is 0.310. The zero-order valence-corrected chi connectivity index (χ0v) is 15.0. The first-order valence-corrected chi connectivity index (χ1v) is 9.13. The van der Waals surface area contributed by atoms with Gasteiger partial charge in [-0.3, -0.25) is 14.9 Å². The largest absolute Gasteiger partial charge is 0.487 e. The van der Waals surface area contributed by atoms with Gasteiger partial charge in [-0.2, -0.15) is 0 Å². The van der Waals surface area contributed by atoms with Crippen molar-refractivity contribution >= 4 is 33.3 Å². The van der Waals surface area contributed by atoms with Crippen molar-refractivity contribution in [1.29, 1.82) is 0 Å². The third kappa shape index (κ3) is 3.88. The van der Waals surface area contributed by atoms with E-state index in [1.807, 2.05) is 41.8 Å². The molecule has 1 amide bonds. The predicted molar refractivity (Wildman–Crippen MR) is 105 cm³/mol. The molecule has 0 bridgehead atoms. The molecule has 0 spiro atoms. The first-order valence-electron chi connectivity index (χ1n) is 8.25. The van der Waals surface area contributed by atoms with Crippen molar-refractivity contribution < 1.29 is 9.53 Å². The van der Waals surface area contributed by atoms with Gasteiger partial charge in [0.15, 0.2) is 5.13 Å². The van der Waals surface area contributed by atoms with Crippen molar-refractivity contribution in [3.05, 3.63) is 87.7 Å². The minimum atomic E-state index is -0.373. The molecule has 0 aliphatic rings. The van der Waals surface area contributed by atoms with Gasteiger partial charge < -0.3 is 9.72 Å². The number of nitrogens with one attached hydrogen (secondary N) is 2. The molecule has 0 aliphatic carbocycles. The number of amides is 1. The molecule has 2 N–H and O–H groups in total. The van der Waals surface area contributed by atoms with E-state index in [2.05, 4.69) is 15.3 Å². The molecule has 0 saturated heterocycles. The number of ether oxygens (including phenoxy) is 1. The number of carbonyl (C=O) groups excluding carboxylic acids is 1. The van der Waals surface area contributed by atoms with Crippen molar-refractivity contribution in [2.75, 3.05) is 5.32 Å². The maximum atomic E-state index is 12.6. The summed E-state index contributed by atoms with van der Waals surface area (Å²) in [6.45, 7) is 0.310. The average molecular weight is 377 g/mol. The molecule has 0 saturated carbocycles. The topological polar surface area (TPSA) is 84.1 Å². The number of H-pyrrole nitrogens is 1. The molecule has 4 rings (SSSR count). The van der Waals surface area contributed by atoms with Crippen LogP contribution in [0.15, 0.2) is 70.8 Å². The molecule has 2 aromatic heterocycles. The van der Waals surface area contributed by atoms with Crippen molar-refractivity contribution in [3.8, 4) is 5.75 Å². The first kappa shape index (κ1) is 17.0. The van der Waals surface area contributed by atoms with Crippen molar-refractivity contribution in [3.63, 3.8) is 0 Å². The van der Waals surface area contributed by atoms with Gasteiger partial charge in [0, 0.05) is 22.3 Å². The lowest BCUT2D eigenvalue weighted by Crippen LogP contribution is -2.16. The van der Waals surface area contributed by atoms with Crippen molar-refractivity contribution in [2.24, 2.45) is 0 Å². The van der Waals surface area contributed by atoms with Crippen LogP contribution in [0.25, 0.3) is 10.9 Å². The number of aromatic nitrogens is 2. The van der Waals surface area contributed by atoms with Gasteiger partial charge in [0.1, 0.15) is 12.4 Å². The highest BCUT2D eigenvalue weighted by Gasteiger charge is 2.14. The summed E-state index contributed by atoms with van der Waals surface area (Å²) in [4.78, 5) is 31.5. The van der Waals surface area contributed by atoms with E-state index >= 15 is 0 Å². The molecule has 7 heteroatoms. The molecule has 2 heterocycles. The fourth-order valence-corrected chi connectivity index (χ4v) is 3.35. The highest BCUT2D eigenvalue weighted by molar-refractivity contribution is 7.14. The van der Waals surface area contributed by atoms with Crippen LogP contribution >= 0.6 is 11.3 Å². The Morgan fingerprint density at radius 1 is 1.11 bits per heavy atom. The SMILES string of the molecule is O=C(Nc1nc(COc2ccccc2)cs1)c1cc(=O)[nH]c2ccccc12. The lowest BCUT2D eigenvalue weighted by atomic mass is 10.1. The number of carbonyl (C=O) groups is 1. The molecule has 134 valence electrons. The summed E-state index contributed by atoms with van der Waals surface area (Å²) in [5.74, 6) is 0.383. The van der Waals surface area contributed by atoms with Crippen LogP contribution in [0.5, 0.6) is 5.75 Å². The standard InChI is InChI=1S/C20H15N3O3S/c24-18-10-16(15-8-4-5-9-17(15)22-18)19(25)23-20-21-13(12-27-20)11-26-14-6-2-1-3-7-14/h1-10,12H,11H2,(H,22,24)(H,21,23,25). The van der Waals surface area contributed by atoms with E-state index in [0.29, 0.717) is 28.2 Å². The Morgan fingerprint density at radius 2 is 1.89 bits per heavy atom. The van der Waals surface area contributed by atoms with Gasteiger partial charge in [0.05, 0.1) is 11.3 Å². The number of rotatable bonds is 5. The van der Waals surface area contributed by atoms with Gasteiger partial charge in [0.25, 0.3) is 5.91 Å². The number of fused-ring (bicyclic) bond motifs is 1. The lowest BCUT2D eigenvalue weighted by molar-refractivity contribution is 0.102. The quantitative estimate of drug-likeness (QED) is 0.554. The third-order valence-electron chi connectivity index (χ3n) is 3.90.